The van der Waals surface area contributed by atoms with Crippen LogP contribution in [0.25, 0.3) is 0 Å². The van der Waals surface area contributed by atoms with E-state index in [1.807, 2.05) is 0 Å². The summed E-state index contributed by atoms with van der Waals surface area (Å²) in [5, 5.41) is 4.02. The molecule has 7 nitrogen and oxygen atoms in total. The fourth-order valence-electron chi connectivity index (χ4n) is 3.35. The van der Waals surface area contributed by atoms with Gasteiger partial charge in [0.15, 0.2) is 11.5 Å². The van der Waals surface area contributed by atoms with Crippen LogP contribution in [0.4, 0.5) is 13.2 Å². The highest BCUT2D eigenvalue weighted by molar-refractivity contribution is 5.04. The zero-order valence-corrected chi connectivity index (χ0v) is 14.7. The Balaban J connectivity index is 1.29. The van der Waals surface area contributed by atoms with Gasteiger partial charge in [-0.3, -0.25) is 14.3 Å². The Kier molecular flexibility index (Phi) is 4.75. The van der Waals surface area contributed by atoms with Gasteiger partial charge in [-0.25, -0.2) is 4.98 Å². The average Bonchev–Trinajstić information content (AvgIpc) is 3.37. The predicted octanol–water partition coefficient (Wildman–Crippen LogP) is 2.43. The molecule has 2 aliphatic rings. The molecule has 4 rings (SSSR count). The van der Waals surface area contributed by atoms with Crippen molar-refractivity contribution in [1.29, 1.82) is 0 Å². The van der Waals surface area contributed by atoms with Gasteiger partial charge in [-0.1, -0.05) is 5.16 Å². The van der Waals surface area contributed by atoms with Crippen LogP contribution in [0.2, 0.25) is 0 Å². The van der Waals surface area contributed by atoms with Crippen LogP contribution >= 0.6 is 0 Å². The average molecular weight is 383 g/mol. The van der Waals surface area contributed by atoms with Crippen LogP contribution in [0.1, 0.15) is 49.0 Å². The Bertz CT molecular complexity index is 851. The summed E-state index contributed by atoms with van der Waals surface area (Å²) in [5.74, 6) is 2.09. The van der Waals surface area contributed by atoms with E-state index in [0.29, 0.717) is 30.9 Å². The van der Waals surface area contributed by atoms with Crippen LogP contribution in [-0.4, -0.2) is 37.7 Å². The van der Waals surface area contributed by atoms with E-state index >= 15 is 0 Å². The van der Waals surface area contributed by atoms with Gasteiger partial charge in [-0.15, -0.1) is 0 Å². The predicted molar refractivity (Wildman–Crippen MR) is 87.8 cm³/mol. The minimum atomic E-state index is -4.60. The maximum Gasteiger partial charge on any atom is 0.433 e. The van der Waals surface area contributed by atoms with Crippen molar-refractivity contribution in [2.24, 2.45) is 5.92 Å². The third-order valence-electron chi connectivity index (χ3n) is 5.11. The molecule has 146 valence electrons. The van der Waals surface area contributed by atoms with Crippen LogP contribution in [0, 0.1) is 5.92 Å². The second kappa shape index (κ2) is 7.06. The van der Waals surface area contributed by atoms with E-state index in [1.54, 1.807) is 0 Å². The van der Waals surface area contributed by atoms with E-state index in [0.717, 1.165) is 51.0 Å². The highest BCUT2D eigenvalue weighted by Crippen LogP contribution is 2.38. The lowest BCUT2D eigenvalue weighted by Gasteiger charge is -2.31. The number of nitrogens with zero attached hydrogens (tertiary/aromatic N) is 5. The van der Waals surface area contributed by atoms with E-state index in [-0.39, 0.29) is 5.92 Å². The Hall–Kier alpha value is -2.23. The summed E-state index contributed by atoms with van der Waals surface area (Å²) < 4.78 is 44.3. The largest absolute Gasteiger partial charge is 0.433 e. The van der Waals surface area contributed by atoms with Crippen molar-refractivity contribution in [1.82, 2.24) is 24.6 Å². The molecule has 0 bridgehead atoms. The topological polar surface area (TPSA) is 77.0 Å². The molecule has 1 aliphatic heterocycles. The number of alkyl halides is 3. The van der Waals surface area contributed by atoms with Gasteiger partial charge in [-0.05, 0) is 44.7 Å². The van der Waals surface area contributed by atoms with Gasteiger partial charge in [-0.2, -0.15) is 18.2 Å². The number of aromatic nitrogens is 4. The molecule has 1 saturated carbocycles. The summed E-state index contributed by atoms with van der Waals surface area (Å²) in [4.78, 5) is 21.9. The first kappa shape index (κ1) is 18.1. The van der Waals surface area contributed by atoms with Crippen molar-refractivity contribution in [3.05, 3.63) is 40.2 Å². The van der Waals surface area contributed by atoms with Gasteiger partial charge in [0.1, 0.15) is 0 Å². The van der Waals surface area contributed by atoms with E-state index < -0.39 is 17.4 Å². The standard InChI is InChI=1S/C17H20F3N5O2/c18-17(19,20)13-7-15(26)25(10-21-13)8-11-3-5-24(6-4-11)9-14-22-16(27-23-14)12-1-2-12/h7,10-12H,1-6,8-9H2. The number of likely N-dealkylation sites (tertiary alicyclic amines) is 1. The minimum Gasteiger partial charge on any atom is -0.339 e. The van der Waals surface area contributed by atoms with E-state index in [4.69, 9.17) is 4.52 Å². The molecular formula is C17H20F3N5O2. The maximum atomic E-state index is 12.6. The zero-order chi connectivity index (χ0) is 19.0. The van der Waals surface area contributed by atoms with E-state index in [1.165, 1.54) is 4.57 Å². The highest BCUT2D eigenvalue weighted by atomic mass is 19.4. The van der Waals surface area contributed by atoms with E-state index in [9.17, 15) is 18.0 Å². The van der Waals surface area contributed by atoms with Crippen LogP contribution < -0.4 is 5.56 Å². The third kappa shape index (κ3) is 4.37. The van der Waals surface area contributed by atoms with Crippen molar-refractivity contribution < 1.29 is 17.7 Å². The number of rotatable bonds is 5. The first-order valence-corrected chi connectivity index (χ1v) is 9.07. The fraction of sp³-hybridized carbons (Fsp3) is 0.647. The monoisotopic (exact) mass is 383 g/mol. The lowest BCUT2D eigenvalue weighted by atomic mass is 9.96. The molecule has 0 amide bonds. The first-order chi connectivity index (χ1) is 12.9. The van der Waals surface area contributed by atoms with Crippen molar-refractivity contribution in [3.63, 3.8) is 0 Å². The van der Waals surface area contributed by atoms with Crippen molar-refractivity contribution in [2.45, 2.75) is 50.9 Å². The van der Waals surface area contributed by atoms with Gasteiger partial charge in [0.05, 0.1) is 12.9 Å². The molecule has 0 radical (unpaired) electrons. The van der Waals surface area contributed by atoms with Crippen LogP contribution in [0.3, 0.4) is 0 Å². The Morgan fingerprint density at radius 3 is 2.56 bits per heavy atom. The molecule has 10 heteroatoms. The number of hydrogen-bond donors (Lipinski definition) is 0. The van der Waals surface area contributed by atoms with Crippen LogP contribution in [0.15, 0.2) is 21.7 Å². The molecule has 3 heterocycles. The van der Waals surface area contributed by atoms with E-state index in [2.05, 4.69) is 20.0 Å². The smallest absolute Gasteiger partial charge is 0.339 e. The SMILES string of the molecule is O=c1cc(C(F)(F)F)ncn1CC1CCN(Cc2noc(C3CC3)n2)CC1. The Morgan fingerprint density at radius 1 is 1.19 bits per heavy atom. The summed E-state index contributed by atoms with van der Waals surface area (Å²) in [5.41, 5.74) is -1.82. The summed E-state index contributed by atoms with van der Waals surface area (Å²) in [6.45, 7) is 2.65. The highest BCUT2D eigenvalue weighted by Gasteiger charge is 2.33. The first-order valence-electron chi connectivity index (χ1n) is 9.07. The summed E-state index contributed by atoms with van der Waals surface area (Å²) in [6, 6.07) is 0.558. The third-order valence-corrected chi connectivity index (χ3v) is 5.11. The van der Waals surface area contributed by atoms with Crippen LogP contribution in [-0.2, 0) is 19.3 Å². The molecule has 0 spiro atoms. The lowest BCUT2D eigenvalue weighted by molar-refractivity contribution is -0.141. The maximum absolute atomic E-state index is 12.6. The molecule has 0 aromatic carbocycles. The zero-order valence-electron chi connectivity index (χ0n) is 14.7. The summed E-state index contributed by atoms with van der Waals surface area (Å²) in [6.07, 6.45) is 0.326. The van der Waals surface area contributed by atoms with Crippen molar-refractivity contribution >= 4 is 0 Å². The van der Waals surface area contributed by atoms with Gasteiger partial charge in [0.2, 0.25) is 5.89 Å². The molecule has 1 aliphatic carbocycles. The fourth-order valence-corrected chi connectivity index (χ4v) is 3.35. The quantitative estimate of drug-likeness (QED) is 0.789. The normalized spacial score (nSPS) is 19.5. The van der Waals surface area contributed by atoms with Gasteiger partial charge in [0, 0.05) is 18.5 Å². The summed E-state index contributed by atoms with van der Waals surface area (Å²) in [7, 11) is 0. The van der Waals surface area contributed by atoms with Gasteiger partial charge in [0.25, 0.3) is 5.56 Å². The number of hydrogen-bond acceptors (Lipinski definition) is 6. The van der Waals surface area contributed by atoms with Crippen molar-refractivity contribution in [3.8, 4) is 0 Å². The molecule has 2 aromatic rings. The second-order valence-electron chi connectivity index (χ2n) is 7.31. The Labute approximate surface area is 153 Å². The van der Waals surface area contributed by atoms with Gasteiger partial charge >= 0.3 is 6.18 Å². The van der Waals surface area contributed by atoms with Crippen LogP contribution in [0.5, 0.6) is 0 Å². The Morgan fingerprint density at radius 2 is 1.93 bits per heavy atom. The van der Waals surface area contributed by atoms with Crippen molar-refractivity contribution in [2.75, 3.05) is 13.1 Å². The molecule has 1 saturated heterocycles. The number of piperidine rings is 1. The molecule has 0 unspecified atom stereocenters. The summed E-state index contributed by atoms with van der Waals surface area (Å²) >= 11 is 0. The molecule has 0 atom stereocenters. The molecule has 2 fully saturated rings. The second-order valence-corrected chi connectivity index (χ2v) is 7.31. The molecule has 0 N–H and O–H groups in total. The lowest BCUT2D eigenvalue weighted by Crippen LogP contribution is -2.36. The molecule has 2 aromatic heterocycles. The number of halogens is 3. The molecular weight excluding hydrogens is 363 g/mol. The van der Waals surface area contributed by atoms with Gasteiger partial charge < -0.3 is 4.52 Å². The minimum absolute atomic E-state index is 0.227. The molecule has 27 heavy (non-hydrogen) atoms.